The minimum Gasteiger partial charge on any atom is -0.490 e. The van der Waals surface area contributed by atoms with Gasteiger partial charge in [-0.3, -0.25) is 0 Å². The molecule has 0 spiro atoms. The highest BCUT2D eigenvalue weighted by atomic mass is 35.5. The Bertz CT molecular complexity index is 629. The van der Waals surface area contributed by atoms with E-state index in [2.05, 4.69) is 44.3 Å². The predicted octanol–water partition coefficient (Wildman–Crippen LogP) is 5.36. The molecule has 0 amide bonds. The van der Waals surface area contributed by atoms with Crippen LogP contribution in [0.4, 0.5) is 0 Å². The van der Waals surface area contributed by atoms with Crippen LogP contribution in [0.2, 0.25) is 0 Å². The van der Waals surface area contributed by atoms with Crippen LogP contribution in [0, 0.1) is 0 Å². The second-order valence-corrected chi connectivity index (χ2v) is 6.54. The zero-order valence-corrected chi connectivity index (χ0v) is 16.5. The first kappa shape index (κ1) is 21.3. The summed E-state index contributed by atoms with van der Waals surface area (Å²) in [6, 6.07) is 16.3. The SMILES string of the molecule is CCOc1cccc(CNC(C)(C)CC)c1OCc1ccccc1.Cl. The van der Waals surface area contributed by atoms with E-state index in [9.17, 15) is 0 Å². The second-order valence-electron chi connectivity index (χ2n) is 6.54. The van der Waals surface area contributed by atoms with Gasteiger partial charge in [0.25, 0.3) is 0 Å². The van der Waals surface area contributed by atoms with Gasteiger partial charge in [-0.1, -0.05) is 49.4 Å². The molecule has 0 radical (unpaired) electrons. The van der Waals surface area contributed by atoms with Gasteiger partial charge in [-0.05, 0) is 38.8 Å². The third kappa shape index (κ3) is 6.60. The number of para-hydroxylation sites is 1. The highest BCUT2D eigenvalue weighted by molar-refractivity contribution is 5.85. The molecular weight excluding hydrogens is 334 g/mol. The van der Waals surface area contributed by atoms with Crippen LogP contribution in [0.3, 0.4) is 0 Å². The Hall–Kier alpha value is -1.71. The molecular formula is C21H30ClNO2. The van der Waals surface area contributed by atoms with Crippen molar-refractivity contribution in [2.75, 3.05) is 6.61 Å². The summed E-state index contributed by atoms with van der Waals surface area (Å²) in [5.74, 6) is 1.64. The van der Waals surface area contributed by atoms with Crippen molar-refractivity contribution < 1.29 is 9.47 Å². The summed E-state index contributed by atoms with van der Waals surface area (Å²) in [5.41, 5.74) is 2.37. The van der Waals surface area contributed by atoms with Gasteiger partial charge in [-0.25, -0.2) is 0 Å². The van der Waals surface area contributed by atoms with Crippen molar-refractivity contribution in [2.24, 2.45) is 0 Å². The molecule has 4 heteroatoms. The molecule has 2 rings (SSSR count). The lowest BCUT2D eigenvalue weighted by atomic mass is 10.0. The molecule has 0 unspecified atom stereocenters. The summed E-state index contributed by atoms with van der Waals surface area (Å²) in [7, 11) is 0. The van der Waals surface area contributed by atoms with Gasteiger partial charge in [0.2, 0.25) is 0 Å². The van der Waals surface area contributed by atoms with Crippen LogP contribution in [0.1, 0.15) is 45.2 Å². The van der Waals surface area contributed by atoms with Crippen LogP contribution >= 0.6 is 12.4 Å². The van der Waals surface area contributed by atoms with Gasteiger partial charge in [-0.2, -0.15) is 0 Å². The number of rotatable bonds is 9. The van der Waals surface area contributed by atoms with E-state index in [-0.39, 0.29) is 17.9 Å². The fourth-order valence-corrected chi connectivity index (χ4v) is 2.32. The quantitative estimate of drug-likeness (QED) is 0.650. The van der Waals surface area contributed by atoms with Crippen LogP contribution in [-0.2, 0) is 13.2 Å². The Labute approximate surface area is 158 Å². The maximum Gasteiger partial charge on any atom is 0.166 e. The molecule has 2 aromatic rings. The van der Waals surface area contributed by atoms with Crippen molar-refractivity contribution in [3.63, 3.8) is 0 Å². The molecule has 0 heterocycles. The molecule has 2 aromatic carbocycles. The van der Waals surface area contributed by atoms with Gasteiger partial charge in [0.15, 0.2) is 11.5 Å². The van der Waals surface area contributed by atoms with Crippen molar-refractivity contribution >= 4 is 12.4 Å². The van der Waals surface area contributed by atoms with E-state index >= 15 is 0 Å². The molecule has 0 aliphatic heterocycles. The standard InChI is InChI=1S/C21H29NO2.ClH/c1-5-21(3,4)22-15-18-13-10-14-19(23-6-2)20(18)24-16-17-11-8-7-9-12-17;/h7-14,22H,5-6,15-16H2,1-4H3;1H. The van der Waals surface area contributed by atoms with Gasteiger partial charge >= 0.3 is 0 Å². The normalized spacial score (nSPS) is 10.9. The molecule has 0 aromatic heterocycles. The maximum absolute atomic E-state index is 6.14. The molecule has 0 aliphatic rings. The molecule has 0 fully saturated rings. The average Bonchev–Trinajstić information content (AvgIpc) is 2.60. The zero-order valence-electron chi connectivity index (χ0n) is 15.7. The van der Waals surface area contributed by atoms with Gasteiger partial charge < -0.3 is 14.8 Å². The van der Waals surface area contributed by atoms with Crippen LogP contribution in [0.5, 0.6) is 11.5 Å². The lowest BCUT2D eigenvalue weighted by molar-refractivity contribution is 0.264. The molecule has 1 N–H and O–H groups in total. The molecule has 25 heavy (non-hydrogen) atoms. The number of nitrogens with one attached hydrogen (secondary N) is 1. The third-order valence-corrected chi connectivity index (χ3v) is 4.23. The van der Waals surface area contributed by atoms with Gasteiger partial charge in [0.05, 0.1) is 6.61 Å². The highest BCUT2D eigenvalue weighted by Crippen LogP contribution is 2.32. The Balaban J connectivity index is 0.00000312. The van der Waals surface area contributed by atoms with E-state index in [4.69, 9.17) is 9.47 Å². The van der Waals surface area contributed by atoms with E-state index in [1.165, 1.54) is 0 Å². The lowest BCUT2D eigenvalue weighted by Crippen LogP contribution is -2.37. The first-order chi connectivity index (χ1) is 11.6. The first-order valence-corrected chi connectivity index (χ1v) is 8.72. The number of hydrogen-bond acceptors (Lipinski definition) is 3. The average molecular weight is 364 g/mol. The van der Waals surface area contributed by atoms with Crippen molar-refractivity contribution in [3.05, 3.63) is 59.7 Å². The molecule has 0 bridgehead atoms. The van der Waals surface area contributed by atoms with E-state index in [0.717, 1.165) is 35.6 Å². The topological polar surface area (TPSA) is 30.5 Å². The summed E-state index contributed by atoms with van der Waals surface area (Å²) in [6.45, 7) is 10.5. The molecule has 0 saturated heterocycles. The predicted molar refractivity (Wildman–Crippen MR) is 107 cm³/mol. The van der Waals surface area contributed by atoms with Crippen molar-refractivity contribution in [1.82, 2.24) is 5.32 Å². The summed E-state index contributed by atoms with van der Waals surface area (Å²) in [5, 5.41) is 3.60. The Morgan fingerprint density at radius 3 is 2.28 bits per heavy atom. The van der Waals surface area contributed by atoms with Crippen LogP contribution in [0.15, 0.2) is 48.5 Å². The van der Waals surface area contributed by atoms with Crippen LogP contribution in [0.25, 0.3) is 0 Å². The maximum atomic E-state index is 6.14. The molecule has 3 nitrogen and oxygen atoms in total. The van der Waals surface area contributed by atoms with Gasteiger partial charge in [0.1, 0.15) is 6.61 Å². The van der Waals surface area contributed by atoms with Crippen LogP contribution in [-0.4, -0.2) is 12.1 Å². The number of halogens is 1. The van der Waals surface area contributed by atoms with Gasteiger partial charge in [-0.15, -0.1) is 12.4 Å². The minimum absolute atomic E-state index is 0. The van der Waals surface area contributed by atoms with E-state index in [0.29, 0.717) is 13.2 Å². The Morgan fingerprint density at radius 1 is 0.920 bits per heavy atom. The van der Waals surface area contributed by atoms with Crippen LogP contribution < -0.4 is 14.8 Å². The lowest BCUT2D eigenvalue weighted by Gasteiger charge is -2.25. The molecule has 0 aliphatic carbocycles. The molecule has 0 atom stereocenters. The highest BCUT2D eigenvalue weighted by Gasteiger charge is 2.17. The minimum atomic E-state index is 0. The third-order valence-electron chi connectivity index (χ3n) is 4.23. The van der Waals surface area contributed by atoms with E-state index < -0.39 is 0 Å². The second kappa shape index (κ2) is 10.3. The monoisotopic (exact) mass is 363 g/mol. The van der Waals surface area contributed by atoms with Gasteiger partial charge in [0, 0.05) is 17.6 Å². The van der Waals surface area contributed by atoms with Crippen molar-refractivity contribution in [2.45, 2.75) is 52.8 Å². The fraction of sp³-hybridized carbons (Fsp3) is 0.429. The number of benzene rings is 2. The summed E-state index contributed by atoms with van der Waals surface area (Å²) in [6.07, 6.45) is 1.07. The molecule has 0 saturated carbocycles. The Kier molecular flexibility index (Phi) is 8.81. The van der Waals surface area contributed by atoms with E-state index in [1.54, 1.807) is 0 Å². The number of ether oxygens (including phenoxy) is 2. The van der Waals surface area contributed by atoms with E-state index in [1.807, 2.05) is 37.3 Å². The number of hydrogen-bond donors (Lipinski definition) is 1. The summed E-state index contributed by atoms with van der Waals surface area (Å²) >= 11 is 0. The summed E-state index contributed by atoms with van der Waals surface area (Å²) < 4.78 is 11.9. The zero-order chi connectivity index (χ0) is 17.4. The Morgan fingerprint density at radius 2 is 1.64 bits per heavy atom. The smallest absolute Gasteiger partial charge is 0.166 e. The van der Waals surface area contributed by atoms with Crippen molar-refractivity contribution in [1.29, 1.82) is 0 Å². The molecule has 138 valence electrons. The van der Waals surface area contributed by atoms with Crippen molar-refractivity contribution in [3.8, 4) is 11.5 Å². The fourth-order valence-electron chi connectivity index (χ4n) is 2.32. The first-order valence-electron chi connectivity index (χ1n) is 8.72. The summed E-state index contributed by atoms with van der Waals surface area (Å²) in [4.78, 5) is 0. The largest absolute Gasteiger partial charge is 0.490 e.